The Morgan fingerprint density at radius 3 is 1.88 bits per heavy atom. The molecule has 0 aliphatic heterocycles. The topological polar surface area (TPSA) is 79.2 Å². The number of hydrogen-bond acceptors (Lipinski definition) is 5. The van der Waals surface area contributed by atoms with Gasteiger partial charge in [0.25, 0.3) is 0 Å². The SMILES string of the molecule is CO[P@](O)OP(O)O. The van der Waals surface area contributed by atoms with Crippen LogP contribution in [0.3, 0.4) is 0 Å². The second-order valence-corrected chi connectivity index (χ2v) is 2.75. The fourth-order valence-electron chi connectivity index (χ4n) is 0.0958. The lowest BCUT2D eigenvalue weighted by Gasteiger charge is -2.05. The highest BCUT2D eigenvalue weighted by atomic mass is 31.2. The van der Waals surface area contributed by atoms with Gasteiger partial charge in [-0.2, -0.15) is 0 Å². The Morgan fingerprint density at radius 2 is 1.75 bits per heavy atom. The second-order valence-electron chi connectivity index (χ2n) is 0.755. The van der Waals surface area contributed by atoms with Crippen LogP contribution in [0.1, 0.15) is 0 Å². The molecule has 0 amide bonds. The Bertz CT molecular complexity index is 56.4. The van der Waals surface area contributed by atoms with Crippen LogP contribution in [0.4, 0.5) is 0 Å². The average molecular weight is 160 g/mol. The van der Waals surface area contributed by atoms with E-state index >= 15 is 0 Å². The van der Waals surface area contributed by atoms with Gasteiger partial charge in [0.15, 0.2) is 0 Å². The summed E-state index contributed by atoms with van der Waals surface area (Å²) in [7, 11) is -3.38. The summed E-state index contributed by atoms with van der Waals surface area (Å²) in [5, 5.41) is 0. The summed E-state index contributed by atoms with van der Waals surface area (Å²) in [5.74, 6) is 0. The van der Waals surface area contributed by atoms with Crippen LogP contribution < -0.4 is 0 Å². The summed E-state index contributed by atoms with van der Waals surface area (Å²) in [6.07, 6.45) is 0. The van der Waals surface area contributed by atoms with Gasteiger partial charge in [0.2, 0.25) is 0 Å². The molecule has 0 aromatic heterocycles. The van der Waals surface area contributed by atoms with E-state index in [4.69, 9.17) is 14.7 Å². The minimum absolute atomic E-state index is 1.20. The van der Waals surface area contributed by atoms with Gasteiger partial charge in [0, 0.05) is 7.11 Å². The molecule has 0 unspecified atom stereocenters. The van der Waals surface area contributed by atoms with Crippen LogP contribution in [0.15, 0.2) is 0 Å². The zero-order valence-electron chi connectivity index (χ0n) is 4.05. The molecule has 0 aliphatic rings. The maximum Gasteiger partial charge on any atom is 0.336 e. The van der Waals surface area contributed by atoms with Crippen molar-refractivity contribution in [3.63, 3.8) is 0 Å². The largest absolute Gasteiger partial charge is 0.336 e. The van der Waals surface area contributed by atoms with Crippen molar-refractivity contribution in [2.24, 2.45) is 0 Å². The molecule has 50 valence electrons. The van der Waals surface area contributed by atoms with E-state index < -0.39 is 17.2 Å². The van der Waals surface area contributed by atoms with Crippen molar-refractivity contribution in [1.82, 2.24) is 0 Å². The van der Waals surface area contributed by atoms with Gasteiger partial charge in [-0.3, -0.25) is 0 Å². The van der Waals surface area contributed by atoms with Gasteiger partial charge < -0.3 is 19.2 Å². The van der Waals surface area contributed by atoms with Crippen molar-refractivity contribution in [3.05, 3.63) is 0 Å². The lowest BCUT2D eigenvalue weighted by molar-refractivity contribution is 0.290. The van der Waals surface area contributed by atoms with Crippen LogP contribution in [0.25, 0.3) is 0 Å². The molecule has 0 spiro atoms. The van der Waals surface area contributed by atoms with Crippen molar-refractivity contribution < 1.29 is 23.5 Å². The molecule has 5 nitrogen and oxygen atoms in total. The van der Waals surface area contributed by atoms with Crippen molar-refractivity contribution in [3.8, 4) is 0 Å². The Balaban J connectivity index is 3.10. The van der Waals surface area contributed by atoms with Crippen LogP contribution in [0.5, 0.6) is 0 Å². The molecular formula is CH6O5P2. The van der Waals surface area contributed by atoms with E-state index in [2.05, 4.69) is 8.83 Å². The highest BCUT2D eigenvalue weighted by Crippen LogP contribution is 2.45. The first-order chi connectivity index (χ1) is 3.66. The minimum Gasteiger partial charge on any atom is -0.328 e. The zero-order valence-corrected chi connectivity index (χ0v) is 5.84. The fourth-order valence-corrected chi connectivity index (χ4v) is 0.862. The second kappa shape index (κ2) is 4.53. The molecule has 0 bridgehead atoms. The Kier molecular flexibility index (Phi) is 4.90. The molecule has 0 saturated heterocycles. The molecule has 0 aromatic carbocycles. The molecule has 0 rings (SSSR count). The van der Waals surface area contributed by atoms with Crippen molar-refractivity contribution in [2.45, 2.75) is 0 Å². The molecule has 0 saturated carbocycles. The zero-order chi connectivity index (χ0) is 6.57. The van der Waals surface area contributed by atoms with Crippen LogP contribution in [-0.4, -0.2) is 21.8 Å². The van der Waals surface area contributed by atoms with E-state index in [1.54, 1.807) is 0 Å². The van der Waals surface area contributed by atoms with E-state index in [1.807, 2.05) is 0 Å². The van der Waals surface area contributed by atoms with Gasteiger partial charge >= 0.3 is 17.2 Å². The van der Waals surface area contributed by atoms with Crippen molar-refractivity contribution in [1.29, 1.82) is 0 Å². The third kappa shape index (κ3) is 4.81. The van der Waals surface area contributed by atoms with Gasteiger partial charge in [-0.05, 0) is 0 Å². The summed E-state index contributed by atoms with van der Waals surface area (Å²) >= 11 is 0. The third-order valence-electron chi connectivity index (χ3n) is 0.299. The van der Waals surface area contributed by atoms with Gasteiger partial charge in [-0.15, -0.1) is 0 Å². The van der Waals surface area contributed by atoms with Gasteiger partial charge in [-0.1, -0.05) is 0 Å². The first-order valence-corrected chi connectivity index (χ1v) is 3.85. The van der Waals surface area contributed by atoms with Gasteiger partial charge in [-0.25, -0.2) is 4.31 Å². The smallest absolute Gasteiger partial charge is 0.328 e. The molecule has 0 radical (unpaired) electrons. The quantitative estimate of drug-likeness (QED) is 0.509. The maximum absolute atomic E-state index is 8.34. The number of rotatable bonds is 3. The highest BCUT2D eigenvalue weighted by Gasteiger charge is 2.09. The lowest BCUT2D eigenvalue weighted by Crippen LogP contribution is -1.78. The van der Waals surface area contributed by atoms with E-state index in [0.717, 1.165) is 0 Å². The van der Waals surface area contributed by atoms with E-state index in [1.165, 1.54) is 7.11 Å². The van der Waals surface area contributed by atoms with Gasteiger partial charge in [0.05, 0.1) is 0 Å². The minimum atomic E-state index is -2.49. The normalized spacial score (nSPS) is 14.6. The third-order valence-corrected chi connectivity index (χ3v) is 1.75. The van der Waals surface area contributed by atoms with Crippen molar-refractivity contribution in [2.75, 3.05) is 7.11 Å². The average Bonchev–Trinajstić information content (AvgIpc) is 1.65. The standard InChI is InChI=1S/CH6O5P2/c1-5-8(4)6-7(2)3/h2-4H,1H3/t8-/m0/s1. The predicted molar refractivity (Wildman–Crippen MR) is 28.6 cm³/mol. The Labute approximate surface area is 48.9 Å². The summed E-state index contributed by atoms with van der Waals surface area (Å²) in [6, 6.07) is 0. The summed E-state index contributed by atoms with van der Waals surface area (Å²) in [4.78, 5) is 24.4. The van der Waals surface area contributed by atoms with Crippen molar-refractivity contribution >= 4 is 17.2 Å². The molecule has 8 heavy (non-hydrogen) atoms. The van der Waals surface area contributed by atoms with Crippen LogP contribution >= 0.6 is 17.2 Å². The summed E-state index contributed by atoms with van der Waals surface area (Å²) < 4.78 is 8.13. The Morgan fingerprint density at radius 1 is 1.25 bits per heavy atom. The summed E-state index contributed by atoms with van der Waals surface area (Å²) in [6.45, 7) is 0. The fraction of sp³-hybridized carbons (Fsp3) is 1.00. The molecule has 7 heteroatoms. The monoisotopic (exact) mass is 160 g/mol. The molecule has 3 N–H and O–H groups in total. The predicted octanol–water partition coefficient (Wildman–Crippen LogP) is 0.0801. The van der Waals surface area contributed by atoms with Crippen LogP contribution in [0.2, 0.25) is 0 Å². The molecular weight excluding hydrogens is 154 g/mol. The molecule has 0 aliphatic carbocycles. The van der Waals surface area contributed by atoms with Crippen LogP contribution in [-0.2, 0) is 8.83 Å². The highest BCUT2D eigenvalue weighted by molar-refractivity contribution is 7.54. The van der Waals surface area contributed by atoms with E-state index in [9.17, 15) is 0 Å². The van der Waals surface area contributed by atoms with Crippen LogP contribution in [0, 0.1) is 0 Å². The van der Waals surface area contributed by atoms with Gasteiger partial charge in [0.1, 0.15) is 0 Å². The maximum atomic E-state index is 8.34. The molecule has 0 heterocycles. The first kappa shape index (κ1) is 8.66. The number of hydrogen-bond donors (Lipinski definition) is 3. The lowest BCUT2D eigenvalue weighted by atomic mass is 11.8. The van der Waals surface area contributed by atoms with E-state index in [-0.39, 0.29) is 0 Å². The molecule has 0 fully saturated rings. The molecule has 1 atom stereocenters. The Hall–Kier alpha value is 0.660. The summed E-state index contributed by atoms with van der Waals surface area (Å²) in [5.41, 5.74) is 0. The first-order valence-electron chi connectivity index (χ1n) is 1.56. The van der Waals surface area contributed by atoms with E-state index in [0.29, 0.717) is 0 Å². The molecule has 0 aromatic rings.